The van der Waals surface area contributed by atoms with Gasteiger partial charge in [0.2, 0.25) is 0 Å². The van der Waals surface area contributed by atoms with Crippen LogP contribution in [-0.4, -0.2) is 72.5 Å². The average molecular weight is 627 g/mol. The van der Waals surface area contributed by atoms with Crippen molar-refractivity contribution >= 4 is 23.9 Å². The Morgan fingerprint density at radius 1 is 0.477 bits per heavy atom. The maximum atomic E-state index is 12.3. The third-order valence-corrected chi connectivity index (χ3v) is 7.90. The molecular weight excluding hydrogens is 564 g/mol. The molecule has 0 unspecified atom stereocenters. The van der Waals surface area contributed by atoms with Gasteiger partial charge >= 0.3 is 23.9 Å². The van der Waals surface area contributed by atoms with Crippen molar-refractivity contribution in [1.82, 2.24) is 10.6 Å². The number of rotatable bonds is 14. The number of ether oxygens (including phenoxy) is 4. The zero-order valence-corrected chi connectivity index (χ0v) is 29.3. The molecule has 0 aliphatic carbocycles. The van der Waals surface area contributed by atoms with Gasteiger partial charge in [-0.1, -0.05) is 25.7 Å². The van der Waals surface area contributed by atoms with E-state index in [0.29, 0.717) is 12.8 Å². The maximum Gasteiger partial charge on any atom is 0.306 e. The molecule has 2 N–H and O–H groups in total. The topological polar surface area (TPSA) is 129 Å². The molecule has 2 rings (SSSR count). The standard InChI is InChI=1S/C28H52N2O4.C6H10O4/c1-25(2)17-21(18-26(3,4)29-25)33-23(31)15-13-11-9-10-12-14-16-24(32)34-22-19-27(5,6)30-28(7,8)20-22;1-9-5(7)3-4-6(8)10-2/h21-22,29-30H,9-20H2,1-8H3;3-4H2,1-2H3. The molecule has 2 aliphatic rings. The van der Waals surface area contributed by atoms with E-state index in [1.54, 1.807) is 0 Å². The van der Waals surface area contributed by atoms with Gasteiger partial charge in [-0.2, -0.15) is 0 Å². The Balaban J connectivity index is 0.000000828. The van der Waals surface area contributed by atoms with Gasteiger partial charge in [-0.3, -0.25) is 19.2 Å². The van der Waals surface area contributed by atoms with E-state index in [4.69, 9.17) is 9.47 Å². The van der Waals surface area contributed by atoms with Gasteiger partial charge in [-0.25, -0.2) is 0 Å². The lowest BCUT2D eigenvalue weighted by Crippen LogP contribution is -2.59. The molecule has 0 aromatic rings. The molecule has 2 aliphatic heterocycles. The first-order valence-corrected chi connectivity index (χ1v) is 16.4. The zero-order chi connectivity index (χ0) is 33.6. The number of piperidine rings is 2. The highest BCUT2D eigenvalue weighted by Gasteiger charge is 2.40. The zero-order valence-electron chi connectivity index (χ0n) is 29.3. The Kier molecular flexibility index (Phi) is 16.4. The lowest BCUT2D eigenvalue weighted by Gasteiger charge is -2.46. The largest absolute Gasteiger partial charge is 0.469 e. The van der Waals surface area contributed by atoms with Crippen LogP contribution in [0.4, 0.5) is 0 Å². The summed E-state index contributed by atoms with van der Waals surface area (Å²) < 4.78 is 20.2. The van der Waals surface area contributed by atoms with E-state index in [1.807, 2.05) is 0 Å². The van der Waals surface area contributed by atoms with Crippen molar-refractivity contribution in [2.45, 2.75) is 180 Å². The fourth-order valence-electron chi connectivity index (χ4n) is 6.77. The van der Waals surface area contributed by atoms with E-state index >= 15 is 0 Å². The highest BCUT2D eigenvalue weighted by molar-refractivity contribution is 5.77. The van der Waals surface area contributed by atoms with E-state index in [9.17, 15) is 19.2 Å². The Hall–Kier alpha value is -2.20. The highest BCUT2D eigenvalue weighted by Crippen LogP contribution is 2.31. The summed E-state index contributed by atoms with van der Waals surface area (Å²) in [5, 5.41) is 7.25. The van der Waals surface area contributed by atoms with Crippen LogP contribution in [-0.2, 0) is 38.1 Å². The van der Waals surface area contributed by atoms with Crippen LogP contribution in [0.5, 0.6) is 0 Å². The minimum atomic E-state index is -0.398. The minimum absolute atomic E-state index is 0.000484. The molecule has 10 nitrogen and oxygen atoms in total. The fourth-order valence-corrected chi connectivity index (χ4v) is 6.77. The maximum absolute atomic E-state index is 12.3. The van der Waals surface area contributed by atoms with Crippen LogP contribution in [0.15, 0.2) is 0 Å². The van der Waals surface area contributed by atoms with Crippen molar-refractivity contribution in [3.8, 4) is 0 Å². The van der Waals surface area contributed by atoms with E-state index in [1.165, 1.54) is 14.2 Å². The van der Waals surface area contributed by atoms with Gasteiger partial charge in [-0.05, 0) is 68.2 Å². The van der Waals surface area contributed by atoms with Gasteiger partial charge < -0.3 is 29.6 Å². The number of carbonyl (C=O) groups excluding carboxylic acids is 4. The number of hydrogen-bond acceptors (Lipinski definition) is 10. The monoisotopic (exact) mass is 626 g/mol. The second kappa shape index (κ2) is 18.1. The van der Waals surface area contributed by atoms with Crippen LogP contribution in [0.2, 0.25) is 0 Å². The third kappa shape index (κ3) is 17.9. The first kappa shape index (κ1) is 39.8. The second-order valence-corrected chi connectivity index (χ2v) is 15.1. The number of esters is 4. The molecule has 0 amide bonds. The van der Waals surface area contributed by atoms with Crippen molar-refractivity contribution in [2.24, 2.45) is 0 Å². The molecule has 0 bridgehead atoms. The normalized spacial score (nSPS) is 20.4. The van der Waals surface area contributed by atoms with Crippen LogP contribution in [0.3, 0.4) is 0 Å². The number of hydrogen-bond donors (Lipinski definition) is 2. The first-order valence-electron chi connectivity index (χ1n) is 16.4. The fraction of sp³-hybridized carbons (Fsp3) is 0.882. The Bertz CT molecular complexity index is 822. The molecule has 0 atom stereocenters. The van der Waals surface area contributed by atoms with E-state index in [0.717, 1.165) is 64.2 Å². The molecule has 44 heavy (non-hydrogen) atoms. The van der Waals surface area contributed by atoms with Crippen molar-refractivity contribution in [1.29, 1.82) is 0 Å². The van der Waals surface area contributed by atoms with Crippen LogP contribution < -0.4 is 10.6 Å². The van der Waals surface area contributed by atoms with Gasteiger partial charge in [-0.15, -0.1) is 0 Å². The van der Waals surface area contributed by atoms with Crippen molar-refractivity contribution in [2.75, 3.05) is 14.2 Å². The predicted octanol–water partition coefficient (Wildman–Crippen LogP) is 5.92. The summed E-state index contributed by atoms with van der Waals surface area (Å²) in [6.07, 6.45) is 10.6. The summed E-state index contributed by atoms with van der Waals surface area (Å²) in [7, 11) is 2.55. The summed E-state index contributed by atoms with van der Waals surface area (Å²) >= 11 is 0. The molecule has 0 spiro atoms. The number of methoxy groups -OCH3 is 2. The van der Waals surface area contributed by atoms with Crippen molar-refractivity contribution < 1.29 is 38.1 Å². The molecule has 2 heterocycles. The minimum Gasteiger partial charge on any atom is -0.469 e. The number of nitrogens with one attached hydrogen (secondary N) is 2. The SMILES string of the molecule is CC1(C)CC(OC(=O)CCCCCCCCC(=O)OC2CC(C)(C)NC(C)(C)C2)CC(C)(C)N1.COC(=O)CCC(=O)OC. The van der Waals surface area contributed by atoms with Gasteiger partial charge in [0.05, 0.1) is 27.1 Å². The smallest absolute Gasteiger partial charge is 0.306 e. The van der Waals surface area contributed by atoms with Crippen LogP contribution in [0.25, 0.3) is 0 Å². The molecule has 0 radical (unpaired) electrons. The van der Waals surface area contributed by atoms with Gasteiger partial charge in [0.25, 0.3) is 0 Å². The number of unbranched alkanes of at least 4 members (excludes halogenated alkanes) is 5. The van der Waals surface area contributed by atoms with Gasteiger partial charge in [0.1, 0.15) is 12.2 Å². The summed E-state index contributed by atoms with van der Waals surface area (Å²) in [6, 6.07) is 0. The molecule has 0 aromatic heterocycles. The Morgan fingerprint density at radius 3 is 1.02 bits per heavy atom. The number of carbonyl (C=O) groups is 4. The van der Waals surface area contributed by atoms with E-state index in [2.05, 4.69) is 75.5 Å². The third-order valence-electron chi connectivity index (χ3n) is 7.90. The summed E-state index contributed by atoms with van der Waals surface area (Å²) in [6.45, 7) is 17.4. The van der Waals surface area contributed by atoms with Crippen molar-refractivity contribution in [3.05, 3.63) is 0 Å². The van der Waals surface area contributed by atoms with E-state index in [-0.39, 0.29) is 59.1 Å². The molecule has 0 saturated carbocycles. The van der Waals surface area contributed by atoms with Crippen molar-refractivity contribution in [3.63, 3.8) is 0 Å². The second-order valence-electron chi connectivity index (χ2n) is 15.1. The molecule has 2 fully saturated rings. The Morgan fingerprint density at radius 2 is 0.750 bits per heavy atom. The molecular formula is C34H62N2O8. The van der Waals surface area contributed by atoms with E-state index < -0.39 is 11.9 Å². The molecule has 2 saturated heterocycles. The van der Waals surface area contributed by atoms with Gasteiger partial charge in [0.15, 0.2) is 0 Å². The average Bonchev–Trinajstić information content (AvgIpc) is 2.85. The van der Waals surface area contributed by atoms with Crippen LogP contribution >= 0.6 is 0 Å². The first-order chi connectivity index (χ1) is 20.3. The summed E-state index contributed by atoms with van der Waals surface area (Å²) in [4.78, 5) is 45.4. The lowest BCUT2D eigenvalue weighted by atomic mass is 9.81. The summed E-state index contributed by atoms with van der Waals surface area (Å²) in [5.41, 5.74) is -0.0559. The predicted molar refractivity (Wildman–Crippen MR) is 171 cm³/mol. The van der Waals surface area contributed by atoms with Crippen LogP contribution in [0, 0.1) is 0 Å². The molecule has 10 heteroatoms. The highest BCUT2D eigenvalue weighted by atomic mass is 16.5. The molecule has 0 aromatic carbocycles. The quantitative estimate of drug-likeness (QED) is 0.136. The Labute approximate surface area is 266 Å². The lowest BCUT2D eigenvalue weighted by molar-refractivity contribution is -0.154. The summed E-state index contributed by atoms with van der Waals surface area (Å²) in [5.74, 6) is -0.924. The van der Waals surface area contributed by atoms with Crippen LogP contribution in [0.1, 0.15) is 145 Å². The van der Waals surface area contributed by atoms with Gasteiger partial charge in [0, 0.05) is 60.7 Å². The molecule has 256 valence electrons.